The number of aromatic nitrogens is 1. The number of carboxylic acids is 1. The number of unbranched alkanes of at least 4 members (excludes halogenated alkanes) is 1. The Hall–Kier alpha value is -2.05. The van der Waals surface area contributed by atoms with Gasteiger partial charge in [-0.05, 0) is 13.3 Å². The van der Waals surface area contributed by atoms with Crippen LogP contribution in [-0.4, -0.2) is 28.3 Å². The zero-order valence-corrected chi connectivity index (χ0v) is 11.1. The number of carbonyl (C=O) groups is 2. The van der Waals surface area contributed by atoms with Crippen molar-refractivity contribution in [1.82, 2.24) is 15.8 Å². The summed E-state index contributed by atoms with van der Waals surface area (Å²) in [5, 5.41) is 17.6. The molecule has 7 nitrogen and oxygen atoms in total. The van der Waals surface area contributed by atoms with E-state index in [1.54, 1.807) is 13.0 Å². The Morgan fingerprint density at radius 2 is 2.26 bits per heavy atom. The Labute approximate surface area is 111 Å². The maximum absolute atomic E-state index is 11.6. The lowest BCUT2D eigenvalue weighted by atomic mass is 10.1. The van der Waals surface area contributed by atoms with E-state index in [0.717, 1.165) is 18.5 Å². The average molecular weight is 269 g/mol. The van der Waals surface area contributed by atoms with Crippen molar-refractivity contribution in [3.05, 3.63) is 17.5 Å². The molecule has 1 aromatic rings. The van der Waals surface area contributed by atoms with Gasteiger partial charge in [0, 0.05) is 6.07 Å². The second kappa shape index (κ2) is 7.40. The summed E-state index contributed by atoms with van der Waals surface area (Å²) in [5.74, 6) is -0.507. The zero-order chi connectivity index (χ0) is 14.3. The molecule has 1 aromatic heterocycles. The van der Waals surface area contributed by atoms with Gasteiger partial charge in [0.2, 0.25) is 0 Å². The molecule has 1 heterocycles. The Kier molecular flexibility index (Phi) is 5.84. The van der Waals surface area contributed by atoms with E-state index >= 15 is 0 Å². The summed E-state index contributed by atoms with van der Waals surface area (Å²) >= 11 is 0. The van der Waals surface area contributed by atoms with Crippen molar-refractivity contribution in [2.24, 2.45) is 0 Å². The van der Waals surface area contributed by atoms with E-state index in [1.807, 2.05) is 6.92 Å². The summed E-state index contributed by atoms with van der Waals surface area (Å²) in [4.78, 5) is 22.5. The quantitative estimate of drug-likeness (QED) is 0.694. The highest BCUT2D eigenvalue weighted by Crippen LogP contribution is 2.02. The van der Waals surface area contributed by atoms with Crippen LogP contribution < -0.4 is 10.6 Å². The number of aliphatic carboxylic acids is 1. The molecular weight excluding hydrogens is 250 g/mol. The highest BCUT2D eigenvalue weighted by atomic mass is 16.5. The molecular formula is C12H19N3O4. The SMILES string of the molecule is CCCCC(NC(=O)NCc1cc(C)no1)C(=O)O. The van der Waals surface area contributed by atoms with Crippen LogP contribution in [0.1, 0.15) is 37.6 Å². The predicted molar refractivity (Wildman–Crippen MR) is 67.6 cm³/mol. The van der Waals surface area contributed by atoms with Gasteiger partial charge in [-0.1, -0.05) is 24.9 Å². The summed E-state index contributed by atoms with van der Waals surface area (Å²) in [7, 11) is 0. The molecule has 2 amide bonds. The number of nitrogens with one attached hydrogen (secondary N) is 2. The van der Waals surface area contributed by atoms with E-state index < -0.39 is 18.0 Å². The monoisotopic (exact) mass is 269 g/mol. The Balaban J connectivity index is 2.37. The van der Waals surface area contributed by atoms with Gasteiger partial charge in [0.25, 0.3) is 0 Å². The van der Waals surface area contributed by atoms with Crippen LogP contribution in [-0.2, 0) is 11.3 Å². The zero-order valence-electron chi connectivity index (χ0n) is 11.1. The Bertz CT molecular complexity index is 430. The molecule has 0 aliphatic carbocycles. The van der Waals surface area contributed by atoms with E-state index in [0.29, 0.717) is 12.2 Å². The second-order valence-electron chi connectivity index (χ2n) is 4.29. The van der Waals surface area contributed by atoms with E-state index in [1.165, 1.54) is 0 Å². The van der Waals surface area contributed by atoms with Gasteiger partial charge in [0.15, 0.2) is 5.76 Å². The van der Waals surface area contributed by atoms with Crippen LogP contribution in [0, 0.1) is 6.92 Å². The molecule has 0 fully saturated rings. The van der Waals surface area contributed by atoms with Crippen LogP contribution in [0.5, 0.6) is 0 Å². The van der Waals surface area contributed by atoms with Gasteiger partial charge < -0.3 is 20.3 Å². The number of carboxylic acid groups (broad SMARTS) is 1. The molecule has 0 aliphatic rings. The molecule has 0 bridgehead atoms. The fourth-order valence-corrected chi connectivity index (χ4v) is 1.54. The molecule has 0 aromatic carbocycles. The van der Waals surface area contributed by atoms with Gasteiger partial charge >= 0.3 is 12.0 Å². The van der Waals surface area contributed by atoms with Crippen LogP contribution >= 0.6 is 0 Å². The first-order valence-electron chi connectivity index (χ1n) is 6.22. The van der Waals surface area contributed by atoms with Crippen LogP contribution in [0.25, 0.3) is 0 Å². The highest BCUT2D eigenvalue weighted by molar-refractivity contribution is 5.82. The van der Waals surface area contributed by atoms with Gasteiger partial charge in [-0.25, -0.2) is 9.59 Å². The summed E-state index contributed by atoms with van der Waals surface area (Å²) < 4.78 is 4.92. The number of hydrogen-bond donors (Lipinski definition) is 3. The smallest absolute Gasteiger partial charge is 0.326 e. The lowest BCUT2D eigenvalue weighted by molar-refractivity contribution is -0.139. The normalized spacial score (nSPS) is 11.9. The van der Waals surface area contributed by atoms with Crippen LogP contribution in [0.3, 0.4) is 0 Å². The third-order valence-corrected chi connectivity index (χ3v) is 2.55. The number of rotatable bonds is 7. The minimum absolute atomic E-state index is 0.173. The number of urea groups is 1. The molecule has 1 unspecified atom stereocenters. The number of carbonyl (C=O) groups excluding carboxylic acids is 1. The summed E-state index contributed by atoms with van der Waals surface area (Å²) in [6, 6.07) is 0.306. The molecule has 106 valence electrons. The number of aryl methyl sites for hydroxylation is 1. The number of amides is 2. The van der Waals surface area contributed by atoms with Gasteiger partial charge in [-0.15, -0.1) is 0 Å². The Morgan fingerprint density at radius 1 is 1.53 bits per heavy atom. The van der Waals surface area contributed by atoms with Gasteiger partial charge in [-0.3, -0.25) is 0 Å². The topological polar surface area (TPSA) is 104 Å². The molecule has 0 saturated heterocycles. The van der Waals surface area contributed by atoms with Crippen molar-refractivity contribution in [3.63, 3.8) is 0 Å². The first kappa shape index (κ1) is 15.0. The standard InChI is InChI=1S/C12H19N3O4/c1-3-4-5-10(11(16)17)14-12(18)13-7-9-6-8(2)15-19-9/h6,10H,3-5,7H2,1-2H3,(H,16,17)(H2,13,14,18). The molecule has 3 N–H and O–H groups in total. The number of nitrogens with zero attached hydrogens (tertiary/aromatic N) is 1. The average Bonchev–Trinajstić information content (AvgIpc) is 2.77. The molecule has 0 spiro atoms. The molecule has 1 atom stereocenters. The largest absolute Gasteiger partial charge is 0.480 e. The highest BCUT2D eigenvalue weighted by Gasteiger charge is 2.19. The first-order chi connectivity index (χ1) is 9.02. The van der Waals surface area contributed by atoms with Gasteiger partial charge in [0.1, 0.15) is 6.04 Å². The first-order valence-corrected chi connectivity index (χ1v) is 6.22. The van der Waals surface area contributed by atoms with Gasteiger partial charge in [0.05, 0.1) is 12.2 Å². The van der Waals surface area contributed by atoms with E-state index in [9.17, 15) is 9.59 Å². The van der Waals surface area contributed by atoms with Crippen molar-refractivity contribution in [3.8, 4) is 0 Å². The molecule has 19 heavy (non-hydrogen) atoms. The molecule has 0 aliphatic heterocycles. The minimum atomic E-state index is -1.03. The molecule has 0 radical (unpaired) electrons. The van der Waals surface area contributed by atoms with E-state index in [2.05, 4.69) is 15.8 Å². The van der Waals surface area contributed by atoms with Gasteiger partial charge in [-0.2, -0.15) is 0 Å². The summed E-state index contributed by atoms with van der Waals surface area (Å²) in [6.07, 6.45) is 2.05. The second-order valence-corrected chi connectivity index (χ2v) is 4.29. The van der Waals surface area contributed by atoms with E-state index in [-0.39, 0.29) is 6.54 Å². The van der Waals surface area contributed by atoms with Crippen LogP contribution in [0.15, 0.2) is 10.6 Å². The van der Waals surface area contributed by atoms with E-state index in [4.69, 9.17) is 9.63 Å². The van der Waals surface area contributed by atoms with Crippen molar-refractivity contribution >= 4 is 12.0 Å². The van der Waals surface area contributed by atoms with Crippen molar-refractivity contribution < 1.29 is 19.2 Å². The third kappa shape index (κ3) is 5.41. The van der Waals surface area contributed by atoms with Crippen LogP contribution in [0.4, 0.5) is 4.79 Å². The number of hydrogen-bond acceptors (Lipinski definition) is 4. The predicted octanol–water partition coefficient (Wildman–Crippen LogP) is 1.43. The maximum atomic E-state index is 11.6. The lowest BCUT2D eigenvalue weighted by Gasteiger charge is -2.14. The maximum Gasteiger partial charge on any atom is 0.326 e. The van der Waals surface area contributed by atoms with Crippen molar-refractivity contribution in [2.75, 3.05) is 0 Å². The van der Waals surface area contributed by atoms with Crippen LogP contribution in [0.2, 0.25) is 0 Å². The minimum Gasteiger partial charge on any atom is -0.480 e. The lowest BCUT2D eigenvalue weighted by Crippen LogP contribution is -2.45. The Morgan fingerprint density at radius 3 is 2.79 bits per heavy atom. The molecule has 1 rings (SSSR count). The third-order valence-electron chi connectivity index (χ3n) is 2.55. The summed E-state index contributed by atoms with van der Waals surface area (Å²) in [6.45, 7) is 3.91. The van der Waals surface area contributed by atoms with Crippen molar-refractivity contribution in [2.45, 2.75) is 45.7 Å². The fraction of sp³-hybridized carbons (Fsp3) is 0.583. The molecule has 7 heteroatoms. The molecule has 0 saturated carbocycles. The summed E-state index contributed by atoms with van der Waals surface area (Å²) in [5.41, 5.74) is 0.726. The van der Waals surface area contributed by atoms with Crippen molar-refractivity contribution in [1.29, 1.82) is 0 Å². The fourth-order valence-electron chi connectivity index (χ4n) is 1.54.